The second-order valence-corrected chi connectivity index (χ2v) is 11.9. The molecule has 2 fully saturated rings. The van der Waals surface area contributed by atoms with Crippen LogP contribution in [0.5, 0.6) is 11.5 Å². The third-order valence-corrected chi connectivity index (χ3v) is 8.93. The van der Waals surface area contributed by atoms with E-state index in [1.54, 1.807) is 25.1 Å². The number of imidazole rings is 1. The van der Waals surface area contributed by atoms with Crippen LogP contribution in [0, 0.1) is 24.1 Å². The van der Waals surface area contributed by atoms with Crippen molar-refractivity contribution in [2.24, 2.45) is 0 Å². The van der Waals surface area contributed by atoms with Gasteiger partial charge in [0.1, 0.15) is 23.4 Å². The SMILES string of the molecule is Cc1nc(C#N)cc2nc(CN3CCC(c4cccc5c4O[C@@](C)(c4ccc(Cl)cc4F)O5)CC3)n(C[C@@H]3CCO3)c12. The van der Waals surface area contributed by atoms with E-state index in [1.165, 1.54) is 6.07 Å². The quantitative estimate of drug-likeness (QED) is 0.265. The topological polar surface area (TPSA) is 85.4 Å². The third-order valence-electron chi connectivity index (χ3n) is 8.70. The van der Waals surface area contributed by atoms with Gasteiger partial charge in [-0.2, -0.15) is 5.26 Å². The average Bonchev–Trinajstić information content (AvgIpc) is 3.48. The van der Waals surface area contributed by atoms with Gasteiger partial charge in [0.05, 0.1) is 41.5 Å². The van der Waals surface area contributed by atoms with E-state index in [0.29, 0.717) is 34.3 Å². The molecule has 0 bridgehead atoms. The van der Waals surface area contributed by atoms with Crippen molar-refractivity contribution in [1.82, 2.24) is 19.4 Å². The molecule has 0 spiro atoms. The first-order valence-electron chi connectivity index (χ1n) is 14.4. The molecule has 2 aromatic heterocycles. The highest BCUT2D eigenvalue weighted by atomic mass is 35.5. The van der Waals surface area contributed by atoms with Crippen LogP contribution in [0.1, 0.15) is 60.4 Å². The maximum Gasteiger partial charge on any atom is 0.278 e. The Kier molecular flexibility index (Phi) is 6.81. The highest BCUT2D eigenvalue weighted by molar-refractivity contribution is 6.30. The summed E-state index contributed by atoms with van der Waals surface area (Å²) in [4.78, 5) is 11.9. The molecule has 0 radical (unpaired) electrons. The largest absolute Gasteiger partial charge is 0.444 e. The van der Waals surface area contributed by atoms with E-state index >= 15 is 0 Å². The fourth-order valence-electron chi connectivity index (χ4n) is 6.44. The Morgan fingerprint density at radius 3 is 2.64 bits per heavy atom. The van der Waals surface area contributed by atoms with Crippen LogP contribution in [-0.2, 0) is 23.6 Å². The average molecular weight is 588 g/mol. The van der Waals surface area contributed by atoms with Crippen LogP contribution < -0.4 is 9.47 Å². The molecule has 0 unspecified atom stereocenters. The number of rotatable bonds is 6. The summed E-state index contributed by atoms with van der Waals surface area (Å²) in [5, 5.41) is 9.75. The number of benzene rings is 2. The zero-order valence-electron chi connectivity index (χ0n) is 23.6. The Labute approximate surface area is 248 Å². The molecule has 5 heterocycles. The molecular formula is C32H31ClFN5O3. The maximum atomic E-state index is 14.8. The molecule has 8 nitrogen and oxygen atoms in total. The number of halogens is 2. The molecule has 3 aliphatic heterocycles. The fraction of sp³-hybridized carbons (Fsp3) is 0.406. The number of nitriles is 1. The van der Waals surface area contributed by atoms with E-state index in [9.17, 15) is 9.65 Å². The van der Waals surface area contributed by atoms with Crippen molar-refractivity contribution in [2.45, 2.75) is 64.0 Å². The molecule has 2 atom stereocenters. The molecule has 2 saturated heterocycles. The molecule has 216 valence electrons. The van der Waals surface area contributed by atoms with Crippen LogP contribution in [0.25, 0.3) is 11.0 Å². The first-order chi connectivity index (χ1) is 20.3. The minimum atomic E-state index is -1.27. The van der Waals surface area contributed by atoms with Crippen LogP contribution in [0.4, 0.5) is 4.39 Å². The summed E-state index contributed by atoms with van der Waals surface area (Å²) in [5.74, 6) is 0.833. The minimum absolute atomic E-state index is 0.177. The summed E-state index contributed by atoms with van der Waals surface area (Å²) < 4.78 is 35.4. The molecule has 0 amide bonds. The molecule has 42 heavy (non-hydrogen) atoms. The number of para-hydroxylation sites is 1. The number of piperidine rings is 1. The monoisotopic (exact) mass is 587 g/mol. The molecule has 10 heteroatoms. The van der Waals surface area contributed by atoms with E-state index < -0.39 is 11.6 Å². The maximum absolute atomic E-state index is 14.8. The van der Waals surface area contributed by atoms with Crippen molar-refractivity contribution < 1.29 is 18.6 Å². The number of fused-ring (bicyclic) bond motifs is 2. The second-order valence-electron chi connectivity index (χ2n) is 11.5. The lowest BCUT2D eigenvalue weighted by atomic mass is 9.88. The van der Waals surface area contributed by atoms with Gasteiger partial charge in [-0.3, -0.25) is 4.90 Å². The Balaban J connectivity index is 1.09. The summed E-state index contributed by atoms with van der Waals surface area (Å²) in [5.41, 5.74) is 4.38. The summed E-state index contributed by atoms with van der Waals surface area (Å²) in [7, 11) is 0. The lowest BCUT2D eigenvalue weighted by Gasteiger charge is -2.33. The summed E-state index contributed by atoms with van der Waals surface area (Å²) >= 11 is 5.98. The highest BCUT2D eigenvalue weighted by Gasteiger charge is 2.43. The number of nitrogens with zero attached hydrogens (tertiary/aromatic N) is 5. The van der Waals surface area contributed by atoms with Gasteiger partial charge in [0, 0.05) is 30.2 Å². The number of aromatic nitrogens is 3. The highest BCUT2D eigenvalue weighted by Crippen LogP contribution is 2.50. The Hall–Kier alpha value is -3.71. The van der Waals surface area contributed by atoms with Gasteiger partial charge in [0.2, 0.25) is 0 Å². The van der Waals surface area contributed by atoms with Gasteiger partial charge in [-0.05, 0) is 69.5 Å². The van der Waals surface area contributed by atoms with Crippen molar-refractivity contribution in [3.63, 3.8) is 0 Å². The molecule has 2 aromatic carbocycles. The van der Waals surface area contributed by atoms with Gasteiger partial charge in [0.25, 0.3) is 5.79 Å². The predicted molar refractivity (Wildman–Crippen MR) is 155 cm³/mol. The second kappa shape index (κ2) is 10.5. The Morgan fingerprint density at radius 1 is 1.12 bits per heavy atom. The van der Waals surface area contributed by atoms with Gasteiger partial charge < -0.3 is 18.8 Å². The van der Waals surface area contributed by atoms with E-state index in [-0.39, 0.29) is 12.0 Å². The number of hydrogen-bond acceptors (Lipinski definition) is 7. The van der Waals surface area contributed by atoms with Gasteiger partial charge in [-0.1, -0.05) is 23.7 Å². The van der Waals surface area contributed by atoms with E-state index in [2.05, 4.69) is 26.6 Å². The zero-order chi connectivity index (χ0) is 29.0. The minimum Gasteiger partial charge on any atom is -0.444 e. The lowest BCUT2D eigenvalue weighted by molar-refractivity contribution is -0.0712. The first kappa shape index (κ1) is 27.1. The predicted octanol–water partition coefficient (Wildman–Crippen LogP) is 6.22. The Bertz CT molecular complexity index is 1720. The first-order valence-corrected chi connectivity index (χ1v) is 14.8. The molecule has 4 aromatic rings. The van der Waals surface area contributed by atoms with Crippen molar-refractivity contribution in [2.75, 3.05) is 19.7 Å². The van der Waals surface area contributed by atoms with Crippen LogP contribution in [0.2, 0.25) is 5.02 Å². The van der Waals surface area contributed by atoms with Gasteiger partial charge >= 0.3 is 0 Å². The van der Waals surface area contributed by atoms with Crippen LogP contribution in [0.15, 0.2) is 42.5 Å². The standard InChI is InChI=1S/C32H31ClFN5O3/c1-19-30-27(15-22(16-35)36-19)37-29(39(30)17-23-10-13-40-23)18-38-11-8-20(9-12-38)24-4-3-5-28-31(24)42-32(2,41-28)25-7-6-21(33)14-26(25)34/h3-7,14-15,20,23H,8-13,17-18H2,1-2H3/t23-,32-/m0/s1. The van der Waals surface area contributed by atoms with Crippen LogP contribution in [-0.4, -0.2) is 45.2 Å². The van der Waals surface area contributed by atoms with E-state index in [1.807, 2.05) is 19.1 Å². The normalized spacial score (nSPS) is 22.3. The summed E-state index contributed by atoms with van der Waals surface area (Å²) in [6.45, 7) is 7.69. The number of aryl methyl sites for hydroxylation is 1. The van der Waals surface area contributed by atoms with Gasteiger partial charge in [-0.15, -0.1) is 0 Å². The molecule has 0 aliphatic carbocycles. The van der Waals surface area contributed by atoms with Crippen LogP contribution >= 0.6 is 11.6 Å². The number of pyridine rings is 1. The number of ether oxygens (including phenoxy) is 3. The van der Waals surface area contributed by atoms with Crippen LogP contribution in [0.3, 0.4) is 0 Å². The summed E-state index contributed by atoms with van der Waals surface area (Å²) in [6, 6.07) is 14.4. The lowest BCUT2D eigenvalue weighted by Crippen LogP contribution is -2.35. The van der Waals surface area contributed by atoms with E-state index in [0.717, 1.165) is 73.6 Å². The Morgan fingerprint density at radius 2 is 1.93 bits per heavy atom. The fourth-order valence-corrected chi connectivity index (χ4v) is 6.60. The molecule has 3 aliphatic rings. The van der Waals surface area contributed by atoms with Gasteiger partial charge in [-0.25, -0.2) is 14.4 Å². The number of likely N-dealkylation sites (tertiary alicyclic amines) is 1. The smallest absolute Gasteiger partial charge is 0.278 e. The molecule has 0 N–H and O–H groups in total. The van der Waals surface area contributed by atoms with Crippen molar-refractivity contribution in [1.29, 1.82) is 5.26 Å². The van der Waals surface area contributed by atoms with Crippen molar-refractivity contribution in [3.8, 4) is 17.6 Å². The zero-order valence-corrected chi connectivity index (χ0v) is 24.3. The molecular weight excluding hydrogens is 557 g/mol. The molecule has 7 rings (SSSR count). The molecule has 0 saturated carbocycles. The van der Waals surface area contributed by atoms with Crippen molar-refractivity contribution in [3.05, 3.63) is 81.6 Å². The summed E-state index contributed by atoms with van der Waals surface area (Å²) in [6.07, 6.45) is 3.09. The van der Waals surface area contributed by atoms with Crippen molar-refractivity contribution >= 4 is 22.6 Å². The van der Waals surface area contributed by atoms with E-state index in [4.69, 9.17) is 30.8 Å². The van der Waals surface area contributed by atoms with Gasteiger partial charge in [0.15, 0.2) is 11.5 Å². The third kappa shape index (κ3) is 4.77. The number of hydrogen-bond donors (Lipinski definition) is 0.